The van der Waals surface area contributed by atoms with E-state index in [1.807, 2.05) is 16.7 Å². The molecular weight excluding hydrogens is 224 g/mol. The molecule has 1 N–H and O–H groups in total. The zero-order valence-electron chi connectivity index (χ0n) is 9.53. The van der Waals surface area contributed by atoms with Crippen molar-refractivity contribution in [2.45, 2.75) is 13.5 Å². The van der Waals surface area contributed by atoms with Crippen LogP contribution in [0.25, 0.3) is 11.0 Å². The van der Waals surface area contributed by atoms with Gasteiger partial charge in [-0.25, -0.2) is 0 Å². The molecule has 1 aromatic carbocycles. The fraction of sp³-hybridized carbons (Fsp3) is 0.364. The first-order chi connectivity index (χ1) is 7.71. The molecule has 16 heavy (non-hydrogen) atoms. The zero-order valence-corrected chi connectivity index (χ0v) is 10.4. The van der Waals surface area contributed by atoms with Crippen molar-refractivity contribution < 1.29 is 9.47 Å². The first-order valence-corrected chi connectivity index (χ1v) is 5.46. The molecule has 5 heteroatoms. The minimum absolute atomic E-state index is 0.703. The van der Waals surface area contributed by atoms with Gasteiger partial charge in [0.25, 0.3) is 0 Å². The second-order valence-electron chi connectivity index (χ2n) is 3.40. The van der Waals surface area contributed by atoms with Gasteiger partial charge in [0.2, 0.25) is 0 Å². The number of imidazole rings is 1. The Kier molecular flexibility index (Phi) is 2.87. The predicted molar refractivity (Wildman–Crippen MR) is 65.9 cm³/mol. The average Bonchev–Trinajstić information content (AvgIpc) is 2.61. The molecule has 0 amide bonds. The number of ether oxygens (including phenoxy) is 2. The van der Waals surface area contributed by atoms with E-state index in [1.165, 1.54) is 0 Å². The summed E-state index contributed by atoms with van der Waals surface area (Å²) in [5.74, 6) is 1.42. The molecule has 2 rings (SSSR count). The van der Waals surface area contributed by atoms with Crippen molar-refractivity contribution in [3.8, 4) is 11.5 Å². The Morgan fingerprint density at radius 3 is 2.44 bits per heavy atom. The molecular formula is C11H14N2O2S. The van der Waals surface area contributed by atoms with Crippen LogP contribution in [0.3, 0.4) is 0 Å². The summed E-state index contributed by atoms with van der Waals surface area (Å²) in [6, 6.07) is 3.83. The molecule has 0 fully saturated rings. The van der Waals surface area contributed by atoms with Crippen LogP contribution in [0.15, 0.2) is 12.1 Å². The number of nitrogens with one attached hydrogen (secondary N) is 1. The molecule has 0 aliphatic carbocycles. The highest BCUT2D eigenvalue weighted by atomic mass is 32.1. The van der Waals surface area contributed by atoms with E-state index in [4.69, 9.17) is 21.7 Å². The molecule has 1 aromatic heterocycles. The van der Waals surface area contributed by atoms with Crippen LogP contribution in [-0.2, 0) is 6.54 Å². The molecule has 0 aliphatic heterocycles. The SMILES string of the molecule is CCn1c(=S)[nH]c2cc(OC)c(OC)cc21. The van der Waals surface area contributed by atoms with E-state index in [0.29, 0.717) is 16.3 Å². The average molecular weight is 238 g/mol. The topological polar surface area (TPSA) is 39.2 Å². The summed E-state index contributed by atoms with van der Waals surface area (Å²) in [5.41, 5.74) is 2.00. The fourth-order valence-corrected chi connectivity index (χ4v) is 2.14. The van der Waals surface area contributed by atoms with E-state index in [-0.39, 0.29) is 0 Å². The summed E-state index contributed by atoms with van der Waals surface area (Å²) in [7, 11) is 3.25. The van der Waals surface area contributed by atoms with Crippen LogP contribution in [0.2, 0.25) is 0 Å². The lowest BCUT2D eigenvalue weighted by atomic mass is 10.2. The minimum atomic E-state index is 0.703. The third kappa shape index (κ3) is 1.57. The van der Waals surface area contributed by atoms with Gasteiger partial charge >= 0.3 is 0 Å². The third-order valence-corrected chi connectivity index (χ3v) is 2.92. The molecule has 0 unspecified atom stereocenters. The van der Waals surface area contributed by atoms with E-state index in [9.17, 15) is 0 Å². The van der Waals surface area contributed by atoms with Crippen molar-refractivity contribution in [3.63, 3.8) is 0 Å². The summed E-state index contributed by atoms with van der Waals surface area (Å²) in [4.78, 5) is 3.15. The van der Waals surface area contributed by atoms with Gasteiger partial charge in [-0.2, -0.15) is 0 Å². The monoisotopic (exact) mass is 238 g/mol. The van der Waals surface area contributed by atoms with Crippen LogP contribution in [0.4, 0.5) is 0 Å². The number of methoxy groups -OCH3 is 2. The van der Waals surface area contributed by atoms with Crippen molar-refractivity contribution >= 4 is 23.3 Å². The van der Waals surface area contributed by atoms with Crippen LogP contribution < -0.4 is 9.47 Å². The summed E-state index contributed by atoms with van der Waals surface area (Å²) < 4.78 is 13.2. The molecule has 0 saturated carbocycles. The van der Waals surface area contributed by atoms with Gasteiger partial charge in [0, 0.05) is 18.7 Å². The lowest BCUT2D eigenvalue weighted by molar-refractivity contribution is 0.355. The van der Waals surface area contributed by atoms with Crippen LogP contribution in [0, 0.1) is 4.77 Å². The van der Waals surface area contributed by atoms with E-state index >= 15 is 0 Å². The van der Waals surface area contributed by atoms with Crippen LogP contribution >= 0.6 is 12.2 Å². The first kappa shape index (κ1) is 11.0. The van der Waals surface area contributed by atoms with Gasteiger partial charge in [-0.3, -0.25) is 0 Å². The van der Waals surface area contributed by atoms with Crippen LogP contribution in [0.1, 0.15) is 6.92 Å². The number of rotatable bonds is 3. The molecule has 4 nitrogen and oxygen atoms in total. The summed E-state index contributed by atoms with van der Waals surface area (Å²) in [6.45, 7) is 2.88. The quantitative estimate of drug-likeness (QED) is 0.836. The Morgan fingerprint density at radius 1 is 1.25 bits per heavy atom. The highest BCUT2D eigenvalue weighted by Crippen LogP contribution is 2.31. The maximum absolute atomic E-state index is 5.27. The summed E-state index contributed by atoms with van der Waals surface area (Å²) in [6.07, 6.45) is 0. The van der Waals surface area contributed by atoms with E-state index in [2.05, 4.69) is 11.9 Å². The normalized spacial score (nSPS) is 10.7. The first-order valence-electron chi connectivity index (χ1n) is 5.05. The maximum Gasteiger partial charge on any atom is 0.178 e. The van der Waals surface area contributed by atoms with Gasteiger partial charge in [0.15, 0.2) is 16.3 Å². The lowest BCUT2D eigenvalue weighted by Crippen LogP contribution is -1.95. The molecule has 0 saturated heterocycles. The number of hydrogen-bond donors (Lipinski definition) is 1. The minimum Gasteiger partial charge on any atom is -0.493 e. The number of hydrogen-bond acceptors (Lipinski definition) is 3. The van der Waals surface area contributed by atoms with Crippen LogP contribution in [-0.4, -0.2) is 23.8 Å². The van der Waals surface area contributed by atoms with Gasteiger partial charge in [0.1, 0.15) is 0 Å². The summed E-state index contributed by atoms with van der Waals surface area (Å²) >= 11 is 5.24. The predicted octanol–water partition coefficient (Wildman–Crippen LogP) is 2.74. The molecule has 0 spiro atoms. The van der Waals surface area contributed by atoms with Crippen molar-refractivity contribution in [2.24, 2.45) is 0 Å². The van der Waals surface area contributed by atoms with E-state index in [1.54, 1.807) is 14.2 Å². The molecule has 0 bridgehead atoms. The highest BCUT2D eigenvalue weighted by Gasteiger charge is 2.09. The fourth-order valence-electron chi connectivity index (χ4n) is 1.80. The molecule has 0 radical (unpaired) electrons. The second-order valence-corrected chi connectivity index (χ2v) is 3.79. The van der Waals surface area contributed by atoms with Gasteiger partial charge < -0.3 is 19.0 Å². The van der Waals surface area contributed by atoms with Crippen molar-refractivity contribution in [1.82, 2.24) is 9.55 Å². The highest BCUT2D eigenvalue weighted by molar-refractivity contribution is 7.71. The smallest absolute Gasteiger partial charge is 0.178 e. The number of fused-ring (bicyclic) bond motifs is 1. The number of nitrogens with zero attached hydrogens (tertiary/aromatic N) is 1. The van der Waals surface area contributed by atoms with Crippen LogP contribution in [0.5, 0.6) is 11.5 Å². The number of aromatic nitrogens is 2. The Morgan fingerprint density at radius 2 is 1.88 bits per heavy atom. The zero-order chi connectivity index (χ0) is 11.7. The largest absolute Gasteiger partial charge is 0.493 e. The van der Waals surface area contributed by atoms with Gasteiger partial charge in [-0.15, -0.1) is 0 Å². The standard InChI is InChI=1S/C11H14N2O2S/c1-4-13-8-6-10(15-3)9(14-2)5-7(8)12-11(13)16/h5-6H,4H2,1-3H3,(H,12,16). The Bertz CT molecular complexity index is 571. The Hall–Kier alpha value is -1.49. The number of benzene rings is 1. The molecule has 2 aromatic rings. The van der Waals surface area contributed by atoms with E-state index < -0.39 is 0 Å². The van der Waals surface area contributed by atoms with Crippen molar-refractivity contribution in [2.75, 3.05) is 14.2 Å². The summed E-state index contributed by atoms with van der Waals surface area (Å²) in [5, 5.41) is 0. The molecule has 1 heterocycles. The van der Waals surface area contributed by atoms with E-state index in [0.717, 1.165) is 17.6 Å². The Balaban J connectivity index is 2.78. The lowest BCUT2D eigenvalue weighted by Gasteiger charge is -2.08. The second kappa shape index (κ2) is 4.17. The Labute approximate surface area is 98.8 Å². The number of aromatic amines is 1. The third-order valence-electron chi connectivity index (χ3n) is 2.60. The molecule has 86 valence electrons. The van der Waals surface area contributed by atoms with Crippen molar-refractivity contribution in [1.29, 1.82) is 0 Å². The van der Waals surface area contributed by atoms with Gasteiger partial charge in [-0.05, 0) is 19.1 Å². The van der Waals surface area contributed by atoms with Gasteiger partial charge in [-0.1, -0.05) is 0 Å². The maximum atomic E-state index is 5.27. The number of H-pyrrole nitrogens is 1. The number of aryl methyl sites for hydroxylation is 1. The molecule has 0 atom stereocenters. The molecule has 0 aliphatic rings. The van der Waals surface area contributed by atoms with Gasteiger partial charge in [0.05, 0.1) is 25.3 Å². The van der Waals surface area contributed by atoms with Crippen molar-refractivity contribution in [3.05, 3.63) is 16.9 Å².